The number of esters is 1. The largest absolute Gasteiger partial charge is 0.481 e. The molecule has 1 aromatic heterocycles. The lowest BCUT2D eigenvalue weighted by Crippen LogP contribution is -2.07. The molecule has 2 aromatic rings. The SMILES string of the molecule is CC.CC.COc1cccc(C(=O)OCc2ccc(C)cc2)n1. The average molecular weight is 317 g/mol. The maximum Gasteiger partial charge on any atom is 0.357 e. The second kappa shape index (κ2) is 12.2. The highest BCUT2D eigenvalue weighted by molar-refractivity contribution is 5.87. The van der Waals surface area contributed by atoms with Crippen molar-refractivity contribution in [1.82, 2.24) is 4.98 Å². The molecule has 0 radical (unpaired) electrons. The van der Waals surface area contributed by atoms with E-state index >= 15 is 0 Å². The average Bonchev–Trinajstić information content (AvgIpc) is 2.64. The lowest BCUT2D eigenvalue weighted by Gasteiger charge is -2.05. The quantitative estimate of drug-likeness (QED) is 0.759. The van der Waals surface area contributed by atoms with Crippen LogP contribution < -0.4 is 4.74 Å². The number of carbonyl (C=O) groups is 1. The van der Waals surface area contributed by atoms with E-state index in [2.05, 4.69) is 4.98 Å². The molecule has 0 N–H and O–H groups in total. The molecule has 4 heteroatoms. The van der Waals surface area contributed by atoms with Crippen molar-refractivity contribution in [3.8, 4) is 5.88 Å². The third-order valence-corrected chi connectivity index (χ3v) is 2.63. The Bertz CT molecular complexity index is 565. The van der Waals surface area contributed by atoms with Crippen molar-refractivity contribution in [2.24, 2.45) is 0 Å². The first-order chi connectivity index (χ1) is 11.2. The number of nitrogens with zero attached hydrogens (tertiary/aromatic N) is 1. The Balaban J connectivity index is 0.00000112. The Labute approximate surface area is 139 Å². The second-order valence-electron chi connectivity index (χ2n) is 4.13. The zero-order valence-corrected chi connectivity index (χ0v) is 14.9. The monoisotopic (exact) mass is 317 g/mol. The number of pyridine rings is 1. The van der Waals surface area contributed by atoms with Crippen LogP contribution in [0.15, 0.2) is 42.5 Å². The van der Waals surface area contributed by atoms with Gasteiger partial charge in [0.15, 0.2) is 5.69 Å². The first-order valence-corrected chi connectivity index (χ1v) is 7.93. The molecule has 1 heterocycles. The lowest BCUT2D eigenvalue weighted by atomic mass is 10.2. The van der Waals surface area contributed by atoms with Gasteiger partial charge in [-0.3, -0.25) is 0 Å². The molecule has 0 atom stereocenters. The molecule has 0 aliphatic heterocycles. The molecule has 4 nitrogen and oxygen atoms in total. The molecule has 0 saturated carbocycles. The highest BCUT2D eigenvalue weighted by atomic mass is 16.5. The van der Waals surface area contributed by atoms with Crippen molar-refractivity contribution in [3.63, 3.8) is 0 Å². The number of hydrogen-bond acceptors (Lipinski definition) is 4. The van der Waals surface area contributed by atoms with Crippen LogP contribution in [0.4, 0.5) is 0 Å². The normalized spacial score (nSPS) is 8.78. The van der Waals surface area contributed by atoms with E-state index in [0.717, 1.165) is 5.56 Å². The fourth-order valence-electron chi connectivity index (χ4n) is 1.55. The van der Waals surface area contributed by atoms with Crippen LogP contribution in [0.5, 0.6) is 5.88 Å². The number of rotatable bonds is 4. The van der Waals surface area contributed by atoms with Crippen LogP contribution in [0.25, 0.3) is 0 Å². The number of methoxy groups -OCH3 is 1. The zero-order valence-electron chi connectivity index (χ0n) is 14.9. The molecule has 0 bridgehead atoms. The van der Waals surface area contributed by atoms with Gasteiger partial charge in [0.05, 0.1) is 7.11 Å². The Morgan fingerprint density at radius 1 is 1.00 bits per heavy atom. The molecule has 0 aliphatic rings. The molecule has 0 fully saturated rings. The van der Waals surface area contributed by atoms with Gasteiger partial charge in [0.25, 0.3) is 0 Å². The number of hydrogen-bond donors (Lipinski definition) is 0. The summed E-state index contributed by atoms with van der Waals surface area (Å²) in [5.41, 5.74) is 2.36. The highest BCUT2D eigenvalue weighted by Gasteiger charge is 2.09. The van der Waals surface area contributed by atoms with Crippen molar-refractivity contribution in [1.29, 1.82) is 0 Å². The summed E-state index contributed by atoms with van der Waals surface area (Å²) in [6.07, 6.45) is 0. The number of aromatic nitrogens is 1. The van der Waals surface area contributed by atoms with E-state index < -0.39 is 5.97 Å². The molecule has 2 rings (SSSR count). The number of carbonyl (C=O) groups excluding carboxylic acids is 1. The molecular weight excluding hydrogens is 290 g/mol. The predicted octanol–water partition coefficient (Wildman–Crippen LogP) is 4.81. The summed E-state index contributed by atoms with van der Waals surface area (Å²) < 4.78 is 10.2. The summed E-state index contributed by atoms with van der Waals surface area (Å²) in [5.74, 6) is -0.0655. The minimum atomic E-state index is -0.459. The summed E-state index contributed by atoms with van der Waals surface area (Å²) in [6, 6.07) is 12.8. The molecular formula is C19H27NO3. The summed E-state index contributed by atoms with van der Waals surface area (Å²) in [7, 11) is 1.50. The van der Waals surface area contributed by atoms with Crippen LogP contribution in [0.3, 0.4) is 0 Å². The third-order valence-electron chi connectivity index (χ3n) is 2.63. The van der Waals surface area contributed by atoms with Gasteiger partial charge in [-0.1, -0.05) is 63.6 Å². The topological polar surface area (TPSA) is 48.4 Å². The Kier molecular flexibility index (Phi) is 11.0. The number of ether oxygens (including phenoxy) is 2. The van der Waals surface area contributed by atoms with E-state index in [0.29, 0.717) is 5.88 Å². The smallest absolute Gasteiger partial charge is 0.357 e. The fourth-order valence-corrected chi connectivity index (χ4v) is 1.55. The van der Waals surface area contributed by atoms with Gasteiger partial charge in [-0.2, -0.15) is 0 Å². The van der Waals surface area contributed by atoms with E-state index in [1.807, 2.05) is 58.9 Å². The van der Waals surface area contributed by atoms with Gasteiger partial charge in [0.1, 0.15) is 6.61 Å². The molecule has 0 saturated heterocycles. The van der Waals surface area contributed by atoms with Crippen LogP contribution in [-0.4, -0.2) is 18.1 Å². The van der Waals surface area contributed by atoms with Crippen LogP contribution in [0.1, 0.15) is 49.3 Å². The van der Waals surface area contributed by atoms with Gasteiger partial charge in [-0.25, -0.2) is 9.78 Å². The molecule has 0 spiro atoms. The first kappa shape index (κ1) is 20.6. The highest BCUT2D eigenvalue weighted by Crippen LogP contribution is 2.10. The van der Waals surface area contributed by atoms with Gasteiger partial charge in [-0.05, 0) is 18.6 Å². The number of aryl methyl sites for hydroxylation is 1. The Hall–Kier alpha value is -2.36. The molecule has 23 heavy (non-hydrogen) atoms. The summed E-state index contributed by atoms with van der Waals surface area (Å²) in [6.45, 7) is 10.2. The maximum absolute atomic E-state index is 11.8. The van der Waals surface area contributed by atoms with Crippen LogP contribution in [0, 0.1) is 6.92 Å². The second-order valence-corrected chi connectivity index (χ2v) is 4.13. The molecule has 0 amide bonds. The van der Waals surface area contributed by atoms with E-state index in [-0.39, 0.29) is 12.3 Å². The summed E-state index contributed by atoms with van der Waals surface area (Å²) in [4.78, 5) is 15.8. The Morgan fingerprint density at radius 3 is 2.17 bits per heavy atom. The van der Waals surface area contributed by atoms with Crippen molar-refractivity contribution < 1.29 is 14.3 Å². The lowest BCUT2D eigenvalue weighted by molar-refractivity contribution is 0.0464. The standard InChI is InChI=1S/C15H15NO3.2C2H6/c1-11-6-8-12(9-7-11)10-19-15(17)13-4-3-5-14(16-13)18-2;2*1-2/h3-9H,10H2,1-2H3;2*1-2H3. The zero-order chi connectivity index (χ0) is 17.7. The third kappa shape index (κ3) is 7.45. The van der Waals surface area contributed by atoms with Gasteiger partial charge in [0, 0.05) is 6.07 Å². The summed E-state index contributed by atoms with van der Waals surface area (Å²) in [5, 5.41) is 0. The van der Waals surface area contributed by atoms with E-state index in [4.69, 9.17) is 9.47 Å². The van der Waals surface area contributed by atoms with E-state index in [9.17, 15) is 4.79 Å². The molecule has 126 valence electrons. The molecule has 0 aliphatic carbocycles. The van der Waals surface area contributed by atoms with Crippen molar-refractivity contribution in [2.45, 2.75) is 41.2 Å². The van der Waals surface area contributed by atoms with Crippen molar-refractivity contribution >= 4 is 5.97 Å². The molecule has 0 unspecified atom stereocenters. The van der Waals surface area contributed by atoms with Crippen molar-refractivity contribution in [2.75, 3.05) is 7.11 Å². The molecule has 1 aromatic carbocycles. The van der Waals surface area contributed by atoms with Crippen LogP contribution >= 0.6 is 0 Å². The Morgan fingerprint density at radius 2 is 1.61 bits per heavy atom. The summed E-state index contributed by atoms with van der Waals surface area (Å²) >= 11 is 0. The maximum atomic E-state index is 11.8. The minimum Gasteiger partial charge on any atom is -0.481 e. The van der Waals surface area contributed by atoms with Crippen LogP contribution in [-0.2, 0) is 11.3 Å². The van der Waals surface area contributed by atoms with Gasteiger partial charge in [0.2, 0.25) is 5.88 Å². The predicted molar refractivity (Wildman–Crippen MR) is 93.8 cm³/mol. The number of benzene rings is 1. The van der Waals surface area contributed by atoms with Crippen molar-refractivity contribution in [3.05, 3.63) is 59.3 Å². The first-order valence-electron chi connectivity index (χ1n) is 7.93. The van der Waals surface area contributed by atoms with Gasteiger partial charge >= 0.3 is 5.97 Å². The van der Waals surface area contributed by atoms with E-state index in [1.54, 1.807) is 18.2 Å². The fraction of sp³-hybridized carbons (Fsp3) is 0.368. The van der Waals surface area contributed by atoms with E-state index in [1.165, 1.54) is 12.7 Å². The minimum absolute atomic E-state index is 0.234. The van der Waals surface area contributed by atoms with Gasteiger partial charge in [-0.15, -0.1) is 0 Å². The van der Waals surface area contributed by atoms with Gasteiger partial charge < -0.3 is 9.47 Å². The van der Waals surface area contributed by atoms with Crippen LogP contribution in [0.2, 0.25) is 0 Å².